The maximum atomic E-state index is 11.8. The summed E-state index contributed by atoms with van der Waals surface area (Å²) >= 11 is 0. The fraction of sp³-hybridized carbons (Fsp3) is 0.375. The van der Waals surface area contributed by atoms with E-state index in [1.54, 1.807) is 18.8 Å². The molecule has 1 aromatic carbocycles. The summed E-state index contributed by atoms with van der Waals surface area (Å²) in [6.45, 7) is 2.10. The summed E-state index contributed by atoms with van der Waals surface area (Å²) < 4.78 is 6.98. The van der Waals surface area contributed by atoms with Crippen LogP contribution in [0.15, 0.2) is 30.3 Å². The molecule has 6 heteroatoms. The van der Waals surface area contributed by atoms with Crippen LogP contribution in [0.5, 0.6) is 5.88 Å². The van der Waals surface area contributed by atoms with Crippen LogP contribution in [-0.2, 0) is 6.42 Å². The smallest absolute Gasteiger partial charge is 0.389 e. The molecule has 0 unspecified atom stereocenters. The van der Waals surface area contributed by atoms with Gasteiger partial charge in [-0.2, -0.15) is 0 Å². The highest BCUT2D eigenvalue weighted by Crippen LogP contribution is 2.28. The number of para-hydroxylation sites is 1. The van der Waals surface area contributed by atoms with Crippen LogP contribution in [0.25, 0.3) is 5.69 Å². The predicted molar refractivity (Wildman–Crippen MR) is 86.3 cm³/mol. The lowest BCUT2D eigenvalue weighted by Gasteiger charge is -2.09. The van der Waals surface area contributed by atoms with Gasteiger partial charge in [0.15, 0.2) is 0 Å². The molecule has 1 heterocycles. The molecule has 2 rings (SSSR count). The van der Waals surface area contributed by atoms with Crippen molar-refractivity contribution < 1.29 is 9.53 Å². The number of nitrogens with two attached hydrogens (primary N) is 1. The number of rotatable bonds is 5. The second kappa shape index (κ2) is 6.98. The summed E-state index contributed by atoms with van der Waals surface area (Å²) in [5.74, 6) is 0.801. The fourth-order valence-electron chi connectivity index (χ4n) is 2.05. The number of amides is 1. The molecule has 22 heavy (non-hydrogen) atoms. The second-order valence-electron chi connectivity index (χ2n) is 5.28. The van der Waals surface area contributed by atoms with Gasteiger partial charge in [-0.15, -0.1) is 5.10 Å². The van der Waals surface area contributed by atoms with E-state index in [2.05, 4.69) is 12.0 Å². The Morgan fingerprint density at radius 3 is 2.59 bits per heavy atom. The molecule has 0 bridgehead atoms. The van der Waals surface area contributed by atoms with E-state index in [0.29, 0.717) is 5.82 Å². The van der Waals surface area contributed by atoms with Crippen molar-refractivity contribution in [3.05, 3.63) is 35.9 Å². The Labute approximate surface area is 130 Å². The van der Waals surface area contributed by atoms with Crippen LogP contribution in [0.3, 0.4) is 0 Å². The first-order chi connectivity index (χ1) is 10.5. The molecule has 0 aliphatic heterocycles. The summed E-state index contributed by atoms with van der Waals surface area (Å²) in [4.78, 5) is 13.2. The van der Waals surface area contributed by atoms with Crippen LogP contribution in [0.2, 0.25) is 0 Å². The van der Waals surface area contributed by atoms with E-state index in [1.807, 2.05) is 30.3 Å². The molecule has 0 aliphatic rings. The Balaban J connectivity index is 2.40. The Bertz CT molecular complexity index is 635. The van der Waals surface area contributed by atoms with Gasteiger partial charge in [-0.1, -0.05) is 31.5 Å². The van der Waals surface area contributed by atoms with Crippen molar-refractivity contribution in [2.45, 2.75) is 26.2 Å². The molecule has 118 valence electrons. The molecule has 0 saturated carbocycles. The monoisotopic (exact) mass is 302 g/mol. The maximum absolute atomic E-state index is 11.8. The minimum Gasteiger partial charge on any atom is -0.389 e. The van der Waals surface area contributed by atoms with Gasteiger partial charge in [0.25, 0.3) is 0 Å². The van der Waals surface area contributed by atoms with Crippen LogP contribution in [0.4, 0.5) is 10.6 Å². The van der Waals surface area contributed by atoms with Gasteiger partial charge < -0.3 is 15.4 Å². The number of hydrogen-bond acceptors (Lipinski definition) is 4. The molecule has 0 fully saturated rings. The number of unbranched alkanes of at least 4 members (excludes halogenated alkanes) is 1. The molecule has 0 atom stereocenters. The SMILES string of the molecule is CCCCc1c(OC(=O)N(C)C)nn(-c2ccccc2)c1N. The largest absolute Gasteiger partial charge is 0.416 e. The molecular formula is C16H22N4O2. The third-order valence-electron chi connectivity index (χ3n) is 3.32. The third-order valence-corrected chi connectivity index (χ3v) is 3.32. The highest BCUT2D eigenvalue weighted by Gasteiger charge is 2.20. The zero-order chi connectivity index (χ0) is 16.1. The number of hydrogen-bond donors (Lipinski definition) is 1. The number of nitrogen functional groups attached to an aromatic ring is 1. The van der Waals surface area contributed by atoms with Gasteiger partial charge in [-0.25, -0.2) is 9.48 Å². The van der Waals surface area contributed by atoms with Gasteiger partial charge in [-0.3, -0.25) is 0 Å². The average molecular weight is 302 g/mol. The standard InChI is InChI=1S/C16H22N4O2/c1-4-5-11-13-14(17)20(12-9-7-6-8-10-12)18-15(13)22-16(21)19(2)3/h6-10H,4-5,11,17H2,1-3H3. The first kappa shape index (κ1) is 15.9. The van der Waals surface area contributed by atoms with E-state index < -0.39 is 6.09 Å². The number of carbonyl (C=O) groups is 1. The summed E-state index contributed by atoms with van der Waals surface area (Å²) in [5, 5.41) is 4.38. The lowest BCUT2D eigenvalue weighted by Crippen LogP contribution is -2.25. The Hall–Kier alpha value is -2.50. The zero-order valence-corrected chi connectivity index (χ0v) is 13.2. The van der Waals surface area contributed by atoms with Gasteiger partial charge in [0, 0.05) is 14.1 Å². The molecule has 2 aromatic rings. The maximum Gasteiger partial charge on any atom is 0.416 e. The first-order valence-electron chi connectivity index (χ1n) is 7.36. The normalized spacial score (nSPS) is 10.5. The average Bonchev–Trinajstić information content (AvgIpc) is 2.82. The van der Waals surface area contributed by atoms with E-state index in [4.69, 9.17) is 10.5 Å². The van der Waals surface area contributed by atoms with Crippen molar-refractivity contribution in [3.63, 3.8) is 0 Å². The lowest BCUT2D eigenvalue weighted by atomic mass is 10.1. The molecule has 1 aromatic heterocycles. The first-order valence-corrected chi connectivity index (χ1v) is 7.36. The quantitative estimate of drug-likeness (QED) is 0.921. The Kier molecular flexibility index (Phi) is 5.04. The highest BCUT2D eigenvalue weighted by atomic mass is 16.6. The predicted octanol–water partition coefficient (Wildman–Crippen LogP) is 2.86. The molecule has 0 spiro atoms. The minimum atomic E-state index is -0.463. The molecule has 0 radical (unpaired) electrons. The molecule has 0 aliphatic carbocycles. The van der Waals surface area contributed by atoms with Crippen molar-refractivity contribution in [1.82, 2.24) is 14.7 Å². The van der Waals surface area contributed by atoms with Crippen LogP contribution < -0.4 is 10.5 Å². The Morgan fingerprint density at radius 2 is 2.00 bits per heavy atom. The summed E-state index contributed by atoms with van der Waals surface area (Å²) in [7, 11) is 3.26. The minimum absolute atomic E-state index is 0.286. The molecular weight excluding hydrogens is 280 g/mol. The van der Waals surface area contributed by atoms with Crippen molar-refractivity contribution in [1.29, 1.82) is 0 Å². The number of benzene rings is 1. The van der Waals surface area contributed by atoms with E-state index in [1.165, 1.54) is 4.90 Å². The van der Waals surface area contributed by atoms with Gasteiger partial charge in [0.05, 0.1) is 11.3 Å². The summed E-state index contributed by atoms with van der Waals surface area (Å²) in [6, 6.07) is 9.56. The molecule has 0 saturated heterocycles. The van der Waals surface area contributed by atoms with Crippen LogP contribution >= 0.6 is 0 Å². The van der Waals surface area contributed by atoms with E-state index in [9.17, 15) is 4.79 Å². The molecule has 6 nitrogen and oxygen atoms in total. The molecule has 2 N–H and O–H groups in total. The third kappa shape index (κ3) is 3.39. The van der Waals surface area contributed by atoms with E-state index >= 15 is 0 Å². The van der Waals surface area contributed by atoms with Gasteiger partial charge in [0.2, 0.25) is 5.88 Å². The van der Waals surface area contributed by atoms with Crippen molar-refractivity contribution in [2.75, 3.05) is 19.8 Å². The fourth-order valence-corrected chi connectivity index (χ4v) is 2.05. The number of ether oxygens (including phenoxy) is 1. The number of nitrogens with zero attached hydrogens (tertiary/aromatic N) is 3. The summed E-state index contributed by atoms with van der Waals surface area (Å²) in [5.41, 5.74) is 7.84. The van der Waals surface area contributed by atoms with Gasteiger partial charge in [0.1, 0.15) is 5.82 Å². The summed E-state index contributed by atoms with van der Waals surface area (Å²) in [6.07, 6.45) is 2.25. The van der Waals surface area contributed by atoms with E-state index in [0.717, 1.165) is 30.5 Å². The zero-order valence-electron chi connectivity index (χ0n) is 13.2. The van der Waals surface area contributed by atoms with Crippen molar-refractivity contribution in [2.24, 2.45) is 0 Å². The van der Waals surface area contributed by atoms with E-state index in [-0.39, 0.29) is 5.88 Å². The number of carbonyl (C=O) groups excluding carboxylic acids is 1. The topological polar surface area (TPSA) is 73.4 Å². The van der Waals surface area contributed by atoms with Gasteiger partial charge >= 0.3 is 6.09 Å². The van der Waals surface area contributed by atoms with Crippen molar-refractivity contribution in [3.8, 4) is 11.6 Å². The van der Waals surface area contributed by atoms with Gasteiger partial charge in [-0.05, 0) is 25.0 Å². The highest BCUT2D eigenvalue weighted by molar-refractivity contribution is 5.70. The van der Waals surface area contributed by atoms with Crippen molar-refractivity contribution >= 4 is 11.9 Å². The number of aromatic nitrogens is 2. The van der Waals surface area contributed by atoms with Crippen LogP contribution in [0.1, 0.15) is 25.3 Å². The lowest BCUT2D eigenvalue weighted by molar-refractivity contribution is 0.169. The Morgan fingerprint density at radius 1 is 1.32 bits per heavy atom. The van der Waals surface area contributed by atoms with Crippen LogP contribution in [-0.4, -0.2) is 34.9 Å². The second-order valence-corrected chi connectivity index (χ2v) is 5.28. The van der Waals surface area contributed by atoms with Crippen LogP contribution in [0, 0.1) is 0 Å². The number of anilines is 1. The molecule has 1 amide bonds.